The van der Waals surface area contributed by atoms with Crippen LogP contribution >= 0.6 is 0 Å². The molecule has 0 atom stereocenters. The molecule has 164 valence electrons. The van der Waals surface area contributed by atoms with Crippen molar-refractivity contribution in [1.82, 2.24) is 24.8 Å². The van der Waals surface area contributed by atoms with Gasteiger partial charge in [0, 0.05) is 36.9 Å². The number of piperidine rings is 1. The molecule has 31 heavy (non-hydrogen) atoms. The van der Waals surface area contributed by atoms with Crippen LogP contribution in [-0.4, -0.2) is 39.6 Å². The van der Waals surface area contributed by atoms with Crippen molar-refractivity contribution < 1.29 is 0 Å². The van der Waals surface area contributed by atoms with Crippen molar-refractivity contribution in [2.24, 2.45) is 5.41 Å². The van der Waals surface area contributed by atoms with Gasteiger partial charge in [-0.05, 0) is 37.5 Å². The van der Waals surface area contributed by atoms with Crippen molar-refractivity contribution >= 4 is 12.7 Å². The normalized spacial score (nSPS) is 20.5. The number of hydrogen-bond donors (Lipinski definition) is 2. The highest BCUT2D eigenvalue weighted by molar-refractivity contribution is 5.50. The molecular formula is C25H34N6. The van der Waals surface area contributed by atoms with Crippen molar-refractivity contribution in [3.05, 3.63) is 89.9 Å². The first-order valence-corrected chi connectivity index (χ1v) is 10.6. The number of likely N-dealkylation sites (tertiary alicyclic amines) is 2. The number of nitrogens with two attached hydrogens (primary N) is 1. The van der Waals surface area contributed by atoms with Gasteiger partial charge < -0.3 is 21.0 Å². The molecule has 1 aromatic rings. The van der Waals surface area contributed by atoms with E-state index < -0.39 is 0 Å². The minimum Gasteiger partial charge on any atom is -0.375 e. The first kappa shape index (κ1) is 22.3. The fraction of sp³-hybridized carbons (Fsp3) is 0.320. The standard InChI is InChI=1S/C25H34N6/c1-8-10-12-22-19(4)31(26)24(28-22)17-30-20(5)25(18(3)23(30)11-9-2)13-15-29(16-14-25)21(6)27-7/h8-12,27H,2-6,13-17,26H2,1,7H3/b10-8-,22-12+,23-11+. The van der Waals surface area contributed by atoms with E-state index in [0.29, 0.717) is 11.9 Å². The summed E-state index contributed by atoms with van der Waals surface area (Å²) in [5.41, 5.74) is 2.96. The molecule has 2 aliphatic heterocycles. The molecule has 0 aromatic carbocycles. The third-order valence-electron chi connectivity index (χ3n) is 6.48. The van der Waals surface area contributed by atoms with E-state index in [1.54, 1.807) is 10.8 Å². The summed E-state index contributed by atoms with van der Waals surface area (Å²) < 4.78 is 1.56. The average Bonchev–Trinajstić information content (AvgIpc) is 3.14. The summed E-state index contributed by atoms with van der Waals surface area (Å²) in [5.74, 6) is 7.97. The van der Waals surface area contributed by atoms with Crippen LogP contribution in [0.5, 0.6) is 0 Å². The Bertz CT molecular complexity index is 1080. The van der Waals surface area contributed by atoms with Gasteiger partial charge in [-0.2, -0.15) is 0 Å². The number of imidazole rings is 1. The fourth-order valence-electron chi connectivity index (χ4n) is 4.49. The van der Waals surface area contributed by atoms with Gasteiger partial charge in [0.2, 0.25) is 0 Å². The first-order valence-electron chi connectivity index (χ1n) is 10.6. The Morgan fingerprint density at radius 3 is 2.48 bits per heavy atom. The molecule has 2 fully saturated rings. The maximum Gasteiger partial charge on any atom is 0.148 e. The number of nitrogen functional groups attached to an aromatic ring is 1. The zero-order valence-corrected chi connectivity index (χ0v) is 18.8. The van der Waals surface area contributed by atoms with Crippen LogP contribution in [0.25, 0.3) is 12.7 Å². The Labute approximate surface area is 185 Å². The predicted molar refractivity (Wildman–Crippen MR) is 130 cm³/mol. The van der Waals surface area contributed by atoms with Crippen molar-refractivity contribution in [3.63, 3.8) is 0 Å². The van der Waals surface area contributed by atoms with Gasteiger partial charge in [0.05, 0.1) is 23.1 Å². The molecule has 2 saturated heterocycles. The number of hydrogen-bond acceptors (Lipinski definition) is 5. The molecule has 0 radical (unpaired) electrons. The lowest BCUT2D eigenvalue weighted by Crippen LogP contribution is -2.42. The SMILES string of the molecule is C=C/C=C1\C(=C)C2(CCN(C(=C)NC)CC2)C(=C)N1Cc1n/c(=C/C=C\C)c(=C)n1N. The van der Waals surface area contributed by atoms with Crippen molar-refractivity contribution in [1.29, 1.82) is 0 Å². The second kappa shape index (κ2) is 8.76. The van der Waals surface area contributed by atoms with Crippen molar-refractivity contribution in [2.75, 3.05) is 26.0 Å². The molecule has 2 aliphatic rings. The molecular weight excluding hydrogens is 384 g/mol. The molecule has 3 N–H and O–H groups in total. The summed E-state index contributed by atoms with van der Waals surface area (Å²) in [7, 11) is 1.90. The van der Waals surface area contributed by atoms with Crippen LogP contribution in [0.1, 0.15) is 25.6 Å². The lowest BCUT2D eigenvalue weighted by atomic mass is 9.72. The number of rotatable bonds is 6. The second-order valence-electron chi connectivity index (χ2n) is 7.99. The molecule has 1 aromatic heterocycles. The van der Waals surface area contributed by atoms with Gasteiger partial charge in [-0.25, -0.2) is 9.66 Å². The quantitative estimate of drug-likeness (QED) is 0.693. The second-order valence-corrected chi connectivity index (χ2v) is 7.99. The minimum absolute atomic E-state index is 0.182. The number of nitrogens with one attached hydrogen (secondary N) is 1. The summed E-state index contributed by atoms with van der Waals surface area (Å²) in [5, 5.41) is 4.59. The highest BCUT2D eigenvalue weighted by Gasteiger charge is 2.49. The van der Waals surface area contributed by atoms with Crippen LogP contribution in [0.4, 0.5) is 0 Å². The van der Waals surface area contributed by atoms with Gasteiger partial charge in [-0.3, -0.25) is 0 Å². The van der Waals surface area contributed by atoms with E-state index in [1.165, 1.54) is 0 Å². The molecule has 0 saturated carbocycles. The van der Waals surface area contributed by atoms with Crippen molar-refractivity contribution in [3.8, 4) is 0 Å². The number of aromatic nitrogens is 2. The van der Waals surface area contributed by atoms with Crippen LogP contribution < -0.4 is 21.9 Å². The third kappa shape index (κ3) is 3.74. The maximum absolute atomic E-state index is 6.30. The van der Waals surface area contributed by atoms with Crippen LogP contribution in [0.15, 0.2) is 73.4 Å². The van der Waals surface area contributed by atoms with E-state index in [2.05, 4.69) is 48.0 Å². The smallest absolute Gasteiger partial charge is 0.148 e. The predicted octanol–water partition coefficient (Wildman–Crippen LogP) is 2.09. The first-order chi connectivity index (χ1) is 14.8. The molecule has 6 nitrogen and oxygen atoms in total. The summed E-state index contributed by atoms with van der Waals surface area (Å²) in [4.78, 5) is 9.17. The molecule has 6 heteroatoms. The van der Waals surface area contributed by atoms with Crippen molar-refractivity contribution in [2.45, 2.75) is 26.3 Å². The van der Waals surface area contributed by atoms with E-state index in [4.69, 9.17) is 10.8 Å². The average molecular weight is 419 g/mol. The van der Waals surface area contributed by atoms with Crippen LogP contribution in [0, 0.1) is 5.41 Å². The van der Waals surface area contributed by atoms with Gasteiger partial charge in [-0.1, -0.05) is 51.1 Å². The summed E-state index contributed by atoms with van der Waals surface area (Å²) >= 11 is 0. The number of nitrogens with zero attached hydrogens (tertiary/aromatic N) is 4. The Hall–Kier alpha value is -3.41. The van der Waals surface area contributed by atoms with Gasteiger partial charge in [0.1, 0.15) is 5.82 Å². The lowest BCUT2D eigenvalue weighted by Gasteiger charge is -2.42. The fourth-order valence-corrected chi connectivity index (χ4v) is 4.49. The summed E-state index contributed by atoms with van der Waals surface area (Å²) in [6.45, 7) is 25.3. The maximum atomic E-state index is 6.30. The zero-order chi connectivity index (χ0) is 22.8. The Kier molecular flexibility index (Phi) is 6.29. The molecule has 3 heterocycles. The summed E-state index contributed by atoms with van der Waals surface area (Å²) in [6.07, 6.45) is 11.4. The molecule has 0 unspecified atom stereocenters. The van der Waals surface area contributed by atoms with E-state index in [1.807, 2.05) is 38.3 Å². The monoisotopic (exact) mass is 418 g/mol. The highest BCUT2D eigenvalue weighted by Crippen LogP contribution is 2.55. The molecule has 3 rings (SSSR count). The molecule has 1 spiro atoms. The molecule has 0 amide bonds. The van der Waals surface area contributed by atoms with Crippen LogP contribution in [0.2, 0.25) is 0 Å². The van der Waals surface area contributed by atoms with E-state index in [9.17, 15) is 0 Å². The van der Waals surface area contributed by atoms with E-state index in [-0.39, 0.29) is 5.41 Å². The molecule has 0 aliphatic carbocycles. The minimum atomic E-state index is -0.182. The Morgan fingerprint density at radius 2 is 1.90 bits per heavy atom. The topological polar surface area (TPSA) is 62.3 Å². The number of allylic oxidation sites excluding steroid dienone is 6. The van der Waals surface area contributed by atoms with E-state index >= 15 is 0 Å². The largest absolute Gasteiger partial charge is 0.375 e. The lowest BCUT2D eigenvalue weighted by molar-refractivity contribution is 0.179. The zero-order valence-electron chi connectivity index (χ0n) is 18.8. The van der Waals surface area contributed by atoms with Gasteiger partial charge in [0.15, 0.2) is 0 Å². The van der Waals surface area contributed by atoms with E-state index in [0.717, 1.165) is 59.9 Å². The van der Waals surface area contributed by atoms with Gasteiger partial charge in [-0.15, -0.1) is 0 Å². The summed E-state index contributed by atoms with van der Waals surface area (Å²) in [6, 6.07) is 0. The highest BCUT2D eigenvalue weighted by atomic mass is 15.3. The Balaban J connectivity index is 1.95. The molecule has 0 bridgehead atoms. The van der Waals surface area contributed by atoms with Gasteiger partial charge in [0.25, 0.3) is 0 Å². The third-order valence-corrected chi connectivity index (χ3v) is 6.48. The Morgan fingerprint density at radius 1 is 1.23 bits per heavy atom. The van der Waals surface area contributed by atoms with Gasteiger partial charge >= 0.3 is 0 Å². The van der Waals surface area contributed by atoms with Crippen LogP contribution in [0.3, 0.4) is 0 Å². The van der Waals surface area contributed by atoms with Crippen LogP contribution in [-0.2, 0) is 6.54 Å².